The Morgan fingerprint density at radius 2 is 2.25 bits per heavy atom. The van der Waals surface area contributed by atoms with E-state index < -0.39 is 0 Å². The van der Waals surface area contributed by atoms with Crippen molar-refractivity contribution < 1.29 is 9.53 Å². The van der Waals surface area contributed by atoms with Crippen LogP contribution >= 0.6 is 0 Å². The second-order valence-electron chi connectivity index (χ2n) is 4.88. The zero-order valence-corrected chi connectivity index (χ0v) is 9.49. The smallest absolute Gasteiger partial charge is 0.156 e. The Morgan fingerprint density at radius 3 is 3.06 bits per heavy atom. The highest BCUT2D eigenvalue weighted by atomic mass is 16.5. The Hall–Kier alpha value is -1.57. The van der Waals surface area contributed by atoms with Crippen molar-refractivity contribution in [1.29, 1.82) is 0 Å². The molecule has 0 aromatic heterocycles. The van der Waals surface area contributed by atoms with E-state index in [-0.39, 0.29) is 17.3 Å². The third kappa shape index (κ3) is 1.22. The fourth-order valence-corrected chi connectivity index (χ4v) is 2.64. The first kappa shape index (κ1) is 9.64. The molecule has 82 valence electrons. The van der Waals surface area contributed by atoms with Crippen LogP contribution in [-0.4, -0.2) is 11.4 Å². The molecule has 2 nitrogen and oxygen atoms in total. The van der Waals surface area contributed by atoms with Gasteiger partial charge in [-0.25, -0.2) is 0 Å². The van der Waals surface area contributed by atoms with Crippen LogP contribution in [0.1, 0.15) is 30.4 Å². The molecule has 0 radical (unpaired) electrons. The van der Waals surface area contributed by atoms with E-state index in [4.69, 9.17) is 4.74 Å². The van der Waals surface area contributed by atoms with Gasteiger partial charge < -0.3 is 4.74 Å². The van der Waals surface area contributed by atoms with Crippen molar-refractivity contribution >= 4 is 5.78 Å². The first-order valence-electron chi connectivity index (χ1n) is 5.60. The zero-order chi connectivity index (χ0) is 11.3. The number of allylic oxidation sites excluding steroid dienone is 1. The maximum absolute atomic E-state index is 11.5. The summed E-state index contributed by atoms with van der Waals surface area (Å²) in [6.07, 6.45) is 4.11. The van der Waals surface area contributed by atoms with Gasteiger partial charge in [0.1, 0.15) is 11.4 Å². The fraction of sp³-hybridized carbons (Fsp3) is 0.357. The minimum absolute atomic E-state index is 0.180. The van der Waals surface area contributed by atoms with E-state index in [2.05, 4.69) is 19.9 Å². The lowest BCUT2D eigenvalue weighted by Gasteiger charge is -2.29. The van der Waals surface area contributed by atoms with Gasteiger partial charge in [0, 0.05) is 17.9 Å². The van der Waals surface area contributed by atoms with Crippen molar-refractivity contribution in [2.45, 2.75) is 31.8 Å². The molecule has 2 unspecified atom stereocenters. The third-order valence-electron chi connectivity index (χ3n) is 3.57. The molecule has 1 aromatic rings. The molecule has 1 aromatic carbocycles. The summed E-state index contributed by atoms with van der Waals surface area (Å²) in [7, 11) is 0. The van der Waals surface area contributed by atoms with Gasteiger partial charge >= 0.3 is 0 Å². The first-order valence-corrected chi connectivity index (χ1v) is 5.60. The number of hydrogen-bond acceptors (Lipinski definition) is 2. The molecule has 2 aliphatic rings. The van der Waals surface area contributed by atoms with E-state index in [9.17, 15) is 4.79 Å². The van der Waals surface area contributed by atoms with Gasteiger partial charge in [0.2, 0.25) is 0 Å². The van der Waals surface area contributed by atoms with Crippen LogP contribution in [0.25, 0.3) is 0 Å². The number of rotatable bonds is 0. The molecule has 1 aliphatic heterocycles. The van der Waals surface area contributed by atoms with E-state index in [1.165, 1.54) is 11.1 Å². The number of ketones is 1. The van der Waals surface area contributed by atoms with E-state index in [0.29, 0.717) is 6.42 Å². The summed E-state index contributed by atoms with van der Waals surface area (Å²) in [6.45, 7) is 4.12. The predicted octanol–water partition coefficient (Wildman–Crippen LogP) is 2.76. The van der Waals surface area contributed by atoms with Crippen molar-refractivity contribution in [2.75, 3.05) is 0 Å². The Labute approximate surface area is 94.9 Å². The van der Waals surface area contributed by atoms with E-state index in [0.717, 1.165) is 5.75 Å². The van der Waals surface area contributed by atoms with Crippen LogP contribution in [0.3, 0.4) is 0 Å². The first-order chi connectivity index (χ1) is 7.58. The quantitative estimate of drug-likeness (QED) is 0.663. The maximum Gasteiger partial charge on any atom is 0.156 e. The summed E-state index contributed by atoms with van der Waals surface area (Å²) in [6, 6.07) is 6.19. The molecule has 0 bridgehead atoms. The maximum atomic E-state index is 11.5. The fourth-order valence-electron chi connectivity index (χ4n) is 2.64. The molecule has 0 N–H and O–H groups in total. The van der Waals surface area contributed by atoms with Crippen molar-refractivity contribution in [3.8, 4) is 5.75 Å². The van der Waals surface area contributed by atoms with Crippen molar-refractivity contribution in [2.24, 2.45) is 0 Å². The summed E-state index contributed by atoms with van der Waals surface area (Å²) < 4.78 is 5.96. The molecule has 0 fully saturated rings. The Kier molecular flexibility index (Phi) is 1.79. The van der Waals surface area contributed by atoms with Crippen LogP contribution in [-0.2, 0) is 4.79 Å². The van der Waals surface area contributed by atoms with Crippen LogP contribution in [0.4, 0.5) is 0 Å². The average Bonchev–Trinajstić information content (AvgIpc) is 2.52. The lowest BCUT2D eigenvalue weighted by molar-refractivity contribution is -0.116. The van der Waals surface area contributed by atoms with Crippen molar-refractivity contribution in [3.63, 3.8) is 0 Å². The molecule has 16 heavy (non-hydrogen) atoms. The molecule has 0 amide bonds. The lowest BCUT2D eigenvalue weighted by atomic mass is 9.78. The lowest BCUT2D eigenvalue weighted by Crippen LogP contribution is -2.35. The van der Waals surface area contributed by atoms with Gasteiger partial charge in [0.05, 0.1) is 0 Å². The summed E-state index contributed by atoms with van der Waals surface area (Å²) in [5.41, 5.74) is 2.07. The SMILES string of the molecule is Cc1ccc2c(c1)C1CC(=O)C=CC1(C)O2. The average molecular weight is 214 g/mol. The van der Waals surface area contributed by atoms with Gasteiger partial charge in [0.25, 0.3) is 0 Å². The number of benzene rings is 1. The summed E-state index contributed by atoms with van der Waals surface area (Å²) in [5.74, 6) is 1.30. The van der Waals surface area contributed by atoms with Crippen molar-refractivity contribution in [3.05, 3.63) is 41.5 Å². The monoisotopic (exact) mass is 214 g/mol. The highest BCUT2D eigenvalue weighted by Gasteiger charge is 2.45. The van der Waals surface area contributed by atoms with Gasteiger partial charge in [0.15, 0.2) is 5.78 Å². The molecular weight excluding hydrogens is 200 g/mol. The predicted molar refractivity (Wildman–Crippen MR) is 61.7 cm³/mol. The molecule has 2 atom stereocenters. The number of aryl methyl sites for hydroxylation is 1. The van der Waals surface area contributed by atoms with Crippen LogP contribution in [0, 0.1) is 6.92 Å². The minimum Gasteiger partial charge on any atom is -0.483 e. The number of hydrogen-bond donors (Lipinski definition) is 0. The van der Waals surface area contributed by atoms with Gasteiger partial charge in [-0.05, 0) is 32.1 Å². The molecule has 1 aliphatic carbocycles. The molecule has 0 spiro atoms. The summed E-state index contributed by atoms with van der Waals surface area (Å²) >= 11 is 0. The third-order valence-corrected chi connectivity index (χ3v) is 3.57. The largest absolute Gasteiger partial charge is 0.483 e. The summed E-state index contributed by atoms with van der Waals surface area (Å²) in [4.78, 5) is 11.5. The number of fused-ring (bicyclic) bond motifs is 3. The van der Waals surface area contributed by atoms with Gasteiger partial charge in [-0.3, -0.25) is 4.79 Å². The number of carbonyl (C=O) groups excluding carboxylic acids is 1. The van der Waals surface area contributed by atoms with Crippen LogP contribution in [0.5, 0.6) is 5.75 Å². The standard InChI is InChI=1S/C14H14O2/c1-9-3-4-13-11(7-9)12-8-10(15)5-6-14(12,2)16-13/h3-7,12H,8H2,1-2H3. The molecule has 1 heterocycles. The molecule has 0 saturated carbocycles. The van der Waals surface area contributed by atoms with Gasteiger partial charge in [-0.15, -0.1) is 0 Å². The van der Waals surface area contributed by atoms with E-state index in [1.54, 1.807) is 6.08 Å². The molecule has 0 saturated heterocycles. The Bertz CT molecular complexity index is 501. The topological polar surface area (TPSA) is 26.3 Å². The second kappa shape index (κ2) is 2.97. The Morgan fingerprint density at radius 1 is 1.44 bits per heavy atom. The molecule has 3 rings (SSSR count). The normalized spacial score (nSPS) is 30.9. The number of carbonyl (C=O) groups is 1. The van der Waals surface area contributed by atoms with Crippen molar-refractivity contribution in [1.82, 2.24) is 0 Å². The highest BCUT2D eigenvalue weighted by Crippen LogP contribution is 2.49. The molecule has 2 heteroatoms. The number of ether oxygens (including phenoxy) is 1. The Balaban J connectivity index is 2.14. The van der Waals surface area contributed by atoms with Crippen LogP contribution < -0.4 is 4.74 Å². The molecular formula is C14H14O2. The van der Waals surface area contributed by atoms with Crippen LogP contribution in [0.2, 0.25) is 0 Å². The van der Waals surface area contributed by atoms with Crippen LogP contribution in [0.15, 0.2) is 30.4 Å². The van der Waals surface area contributed by atoms with E-state index >= 15 is 0 Å². The summed E-state index contributed by atoms with van der Waals surface area (Å²) in [5, 5.41) is 0. The highest BCUT2D eigenvalue weighted by molar-refractivity contribution is 5.92. The van der Waals surface area contributed by atoms with Gasteiger partial charge in [-0.2, -0.15) is 0 Å². The van der Waals surface area contributed by atoms with Gasteiger partial charge in [-0.1, -0.05) is 17.7 Å². The zero-order valence-electron chi connectivity index (χ0n) is 9.49. The van der Waals surface area contributed by atoms with E-state index in [1.807, 2.05) is 18.2 Å². The second-order valence-corrected chi connectivity index (χ2v) is 4.88. The minimum atomic E-state index is -0.329.